The number of rotatable bonds is 2. The first kappa shape index (κ1) is 13.8. The molecule has 0 spiro atoms. The van der Waals surface area contributed by atoms with Crippen LogP contribution in [0.1, 0.15) is 32.6 Å². The third-order valence-electron chi connectivity index (χ3n) is 3.59. The van der Waals surface area contributed by atoms with E-state index in [2.05, 4.69) is 5.32 Å². The van der Waals surface area contributed by atoms with Gasteiger partial charge in [0.05, 0.1) is 6.54 Å². The second kappa shape index (κ2) is 5.54. The lowest BCUT2D eigenvalue weighted by Gasteiger charge is -2.35. The maximum atomic E-state index is 12.5. The smallest absolute Gasteiger partial charge is 0.282 e. The number of nitrogens with zero attached hydrogens (tertiary/aromatic N) is 2. The summed E-state index contributed by atoms with van der Waals surface area (Å²) in [5, 5.41) is 2.70. The van der Waals surface area contributed by atoms with E-state index in [4.69, 9.17) is 0 Å². The van der Waals surface area contributed by atoms with Crippen LogP contribution in [0.2, 0.25) is 0 Å². The molecule has 0 saturated carbocycles. The zero-order valence-corrected chi connectivity index (χ0v) is 11.6. The Morgan fingerprint density at radius 1 is 1.22 bits per heavy atom. The van der Waals surface area contributed by atoms with Crippen LogP contribution in [0.5, 0.6) is 0 Å². The fourth-order valence-electron chi connectivity index (χ4n) is 2.54. The van der Waals surface area contributed by atoms with Gasteiger partial charge in [-0.25, -0.2) is 0 Å². The van der Waals surface area contributed by atoms with E-state index in [0.29, 0.717) is 26.1 Å². The lowest BCUT2D eigenvalue weighted by atomic mass is 10.1. The van der Waals surface area contributed by atoms with Crippen molar-refractivity contribution in [1.82, 2.24) is 13.9 Å². The summed E-state index contributed by atoms with van der Waals surface area (Å²) < 4.78 is 27.9. The molecule has 1 amide bonds. The second-order valence-electron chi connectivity index (χ2n) is 5.00. The van der Waals surface area contributed by atoms with E-state index >= 15 is 0 Å². The molecule has 0 aliphatic carbocycles. The van der Waals surface area contributed by atoms with Crippen molar-refractivity contribution in [2.45, 2.75) is 38.6 Å². The highest BCUT2D eigenvalue weighted by Crippen LogP contribution is 2.22. The minimum atomic E-state index is -3.48. The predicted molar refractivity (Wildman–Crippen MR) is 68.1 cm³/mol. The molecule has 2 aliphatic rings. The van der Waals surface area contributed by atoms with Crippen LogP contribution in [0.3, 0.4) is 0 Å². The van der Waals surface area contributed by atoms with Crippen LogP contribution >= 0.6 is 0 Å². The number of amides is 1. The first-order valence-corrected chi connectivity index (χ1v) is 7.95. The normalized spacial score (nSPS) is 28.7. The van der Waals surface area contributed by atoms with Crippen molar-refractivity contribution in [3.05, 3.63) is 0 Å². The highest BCUT2D eigenvalue weighted by molar-refractivity contribution is 7.86. The molecule has 0 aromatic carbocycles. The molecule has 0 aromatic rings. The van der Waals surface area contributed by atoms with Crippen molar-refractivity contribution in [2.75, 3.05) is 26.2 Å². The van der Waals surface area contributed by atoms with E-state index in [1.807, 2.05) is 6.92 Å². The van der Waals surface area contributed by atoms with Crippen LogP contribution in [0.25, 0.3) is 0 Å². The van der Waals surface area contributed by atoms with Gasteiger partial charge in [0.2, 0.25) is 5.91 Å². The number of nitrogens with one attached hydrogen (secondary N) is 1. The lowest BCUT2D eigenvalue weighted by Crippen LogP contribution is -2.51. The van der Waals surface area contributed by atoms with E-state index in [1.54, 1.807) is 4.31 Å². The second-order valence-corrected chi connectivity index (χ2v) is 6.88. The van der Waals surface area contributed by atoms with Gasteiger partial charge >= 0.3 is 0 Å². The van der Waals surface area contributed by atoms with E-state index < -0.39 is 10.2 Å². The Morgan fingerprint density at radius 3 is 2.72 bits per heavy atom. The van der Waals surface area contributed by atoms with Crippen molar-refractivity contribution in [3.63, 3.8) is 0 Å². The summed E-state index contributed by atoms with van der Waals surface area (Å²) in [5.74, 6) is -0.208. The number of piperidine rings is 1. The van der Waals surface area contributed by atoms with E-state index in [0.717, 1.165) is 19.3 Å². The van der Waals surface area contributed by atoms with Gasteiger partial charge in [-0.3, -0.25) is 4.79 Å². The molecule has 2 fully saturated rings. The highest BCUT2D eigenvalue weighted by Gasteiger charge is 2.35. The molecule has 1 atom stereocenters. The Balaban J connectivity index is 2.15. The average Bonchev–Trinajstić information content (AvgIpc) is 2.54. The summed E-state index contributed by atoms with van der Waals surface area (Å²) in [7, 11) is -3.48. The number of carbonyl (C=O) groups excluding carboxylic acids is 1. The summed E-state index contributed by atoms with van der Waals surface area (Å²) >= 11 is 0. The van der Waals surface area contributed by atoms with Crippen LogP contribution in [0.15, 0.2) is 0 Å². The minimum Gasteiger partial charge on any atom is -0.355 e. The Hall–Kier alpha value is -0.660. The zero-order chi connectivity index (χ0) is 13.2. The summed E-state index contributed by atoms with van der Waals surface area (Å²) in [5.41, 5.74) is 0. The molecule has 18 heavy (non-hydrogen) atoms. The SMILES string of the molecule is CC1CCCCN1S(=O)(=O)N1CCCNC(=O)C1. The van der Waals surface area contributed by atoms with Crippen LogP contribution in [0, 0.1) is 0 Å². The van der Waals surface area contributed by atoms with Gasteiger partial charge in [-0.1, -0.05) is 6.42 Å². The standard InChI is InChI=1S/C11H21N3O3S/c1-10-5-2-3-8-14(10)18(16,17)13-7-4-6-12-11(15)9-13/h10H,2-9H2,1H3,(H,12,15). The largest absolute Gasteiger partial charge is 0.355 e. The third-order valence-corrected chi connectivity index (χ3v) is 5.69. The molecule has 0 bridgehead atoms. The van der Waals surface area contributed by atoms with E-state index in [-0.39, 0.29) is 18.5 Å². The molecular weight excluding hydrogens is 254 g/mol. The van der Waals surface area contributed by atoms with Gasteiger partial charge in [0.25, 0.3) is 10.2 Å². The number of carbonyl (C=O) groups is 1. The first-order chi connectivity index (χ1) is 8.51. The lowest BCUT2D eigenvalue weighted by molar-refractivity contribution is -0.120. The molecule has 0 radical (unpaired) electrons. The molecule has 0 aromatic heterocycles. The quantitative estimate of drug-likeness (QED) is 0.767. The van der Waals surface area contributed by atoms with Gasteiger partial charge < -0.3 is 5.32 Å². The molecule has 1 N–H and O–H groups in total. The van der Waals surface area contributed by atoms with Gasteiger partial charge in [-0.05, 0) is 26.2 Å². The highest BCUT2D eigenvalue weighted by atomic mass is 32.2. The molecule has 2 heterocycles. The first-order valence-electron chi connectivity index (χ1n) is 6.55. The Kier molecular flexibility index (Phi) is 4.24. The van der Waals surface area contributed by atoms with Gasteiger partial charge in [0.1, 0.15) is 0 Å². The van der Waals surface area contributed by atoms with Crippen molar-refractivity contribution in [3.8, 4) is 0 Å². The molecule has 1 unspecified atom stereocenters. The molecule has 2 saturated heterocycles. The topological polar surface area (TPSA) is 69.7 Å². The predicted octanol–water partition coefficient (Wildman–Crippen LogP) is -0.0725. The van der Waals surface area contributed by atoms with Crippen LogP contribution < -0.4 is 5.32 Å². The average molecular weight is 275 g/mol. The van der Waals surface area contributed by atoms with Gasteiger partial charge in [0.15, 0.2) is 0 Å². The monoisotopic (exact) mass is 275 g/mol. The summed E-state index contributed by atoms with van der Waals surface area (Å²) in [4.78, 5) is 11.5. The number of hydrogen-bond donors (Lipinski definition) is 1. The van der Waals surface area contributed by atoms with Gasteiger partial charge in [-0.15, -0.1) is 0 Å². The van der Waals surface area contributed by atoms with Gasteiger partial charge in [-0.2, -0.15) is 17.0 Å². The number of hydrogen-bond acceptors (Lipinski definition) is 3. The Bertz CT molecular complexity index is 410. The summed E-state index contributed by atoms with van der Waals surface area (Å²) in [6.07, 6.45) is 3.56. The van der Waals surface area contributed by atoms with E-state index in [9.17, 15) is 13.2 Å². The van der Waals surface area contributed by atoms with Gasteiger partial charge in [0, 0.05) is 25.7 Å². The molecular formula is C11H21N3O3S. The summed E-state index contributed by atoms with van der Waals surface area (Å²) in [6.45, 7) is 3.44. The Labute approximate surface area is 109 Å². The van der Waals surface area contributed by atoms with Crippen molar-refractivity contribution < 1.29 is 13.2 Å². The molecule has 2 rings (SSSR count). The van der Waals surface area contributed by atoms with Crippen molar-refractivity contribution >= 4 is 16.1 Å². The Morgan fingerprint density at radius 2 is 2.00 bits per heavy atom. The van der Waals surface area contributed by atoms with Crippen LogP contribution in [0.4, 0.5) is 0 Å². The molecule has 7 heteroatoms. The van der Waals surface area contributed by atoms with E-state index in [1.165, 1.54) is 4.31 Å². The van der Waals surface area contributed by atoms with Crippen LogP contribution in [-0.4, -0.2) is 55.2 Å². The molecule has 6 nitrogen and oxygen atoms in total. The fourth-order valence-corrected chi connectivity index (χ4v) is 4.40. The maximum absolute atomic E-state index is 12.5. The van der Waals surface area contributed by atoms with Crippen molar-refractivity contribution in [1.29, 1.82) is 0 Å². The fraction of sp³-hybridized carbons (Fsp3) is 0.909. The molecule has 2 aliphatic heterocycles. The summed E-state index contributed by atoms with van der Waals surface area (Å²) in [6, 6.07) is 0.0371. The zero-order valence-electron chi connectivity index (χ0n) is 10.8. The van der Waals surface area contributed by atoms with Crippen LogP contribution in [-0.2, 0) is 15.0 Å². The minimum absolute atomic E-state index is 0.0371. The molecule has 104 valence electrons. The maximum Gasteiger partial charge on any atom is 0.282 e. The van der Waals surface area contributed by atoms with Crippen molar-refractivity contribution in [2.24, 2.45) is 0 Å². The third kappa shape index (κ3) is 2.84.